The second-order valence-corrected chi connectivity index (χ2v) is 7.68. The zero-order valence-electron chi connectivity index (χ0n) is 14.0. The average molecular weight is 319 g/mol. The fourth-order valence-electron chi connectivity index (χ4n) is 4.68. The van der Waals surface area contributed by atoms with Crippen LogP contribution in [0, 0.1) is 17.8 Å². The predicted molar refractivity (Wildman–Crippen MR) is 88.9 cm³/mol. The Kier molecular flexibility index (Phi) is 5.39. The second kappa shape index (κ2) is 7.50. The molecule has 1 N–H and O–H groups in total. The number of nitrogens with zero attached hydrogens (tertiary/aromatic N) is 1. The minimum atomic E-state index is -0.916. The molecule has 1 heterocycles. The zero-order chi connectivity index (χ0) is 16.2. The number of likely N-dealkylation sites (tertiary alicyclic amines) is 1. The van der Waals surface area contributed by atoms with Gasteiger partial charge in [-0.3, -0.25) is 4.79 Å². The van der Waals surface area contributed by atoms with Crippen molar-refractivity contribution in [2.75, 3.05) is 13.1 Å². The van der Waals surface area contributed by atoms with Crippen molar-refractivity contribution in [3.05, 3.63) is 11.6 Å². The van der Waals surface area contributed by atoms with Gasteiger partial charge in [0.25, 0.3) is 0 Å². The van der Waals surface area contributed by atoms with Gasteiger partial charge in [-0.05, 0) is 43.4 Å². The van der Waals surface area contributed by atoms with Gasteiger partial charge >= 0.3 is 5.97 Å². The fraction of sp³-hybridized carbons (Fsp3) is 0.789. The number of hydrogen-bond donors (Lipinski definition) is 1. The summed E-state index contributed by atoms with van der Waals surface area (Å²) in [7, 11) is 0. The zero-order valence-corrected chi connectivity index (χ0v) is 14.0. The maximum absolute atomic E-state index is 12.6. The van der Waals surface area contributed by atoms with Gasteiger partial charge in [0.1, 0.15) is 0 Å². The van der Waals surface area contributed by atoms with Gasteiger partial charge in [-0.25, -0.2) is 4.79 Å². The summed E-state index contributed by atoms with van der Waals surface area (Å²) in [6.45, 7) is 1.69. The van der Waals surface area contributed by atoms with Gasteiger partial charge < -0.3 is 10.0 Å². The van der Waals surface area contributed by atoms with Gasteiger partial charge in [0.05, 0.1) is 6.42 Å². The van der Waals surface area contributed by atoms with Crippen LogP contribution in [0.3, 0.4) is 0 Å². The maximum Gasteiger partial charge on any atom is 0.331 e. The Morgan fingerprint density at radius 3 is 2.04 bits per heavy atom. The topological polar surface area (TPSA) is 57.6 Å². The van der Waals surface area contributed by atoms with E-state index in [9.17, 15) is 14.7 Å². The smallest absolute Gasteiger partial charge is 0.331 e. The van der Waals surface area contributed by atoms with E-state index in [4.69, 9.17) is 0 Å². The van der Waals surface area contributed by atoms with E-state index in [0.29, 0.717) is 23.3 Å². The number of hydrogen-bond acceptors (Lipinski definition) is 2. The standard InChI is InChI=1S/C19H29NO3/c21-18(20-12-15-8-4-5-9-16(15)13-20)11-17(19(22)23)10-14-6-2-1-3-7-14/h10,14-16H,1-9,11-13H2,(H,22,23)/b17-10+. The molecule has 2 unspecified atom stereocenters. The van der Waals surface area contributed by atoms with Gasteiger partial charge in [0.2, 0.25) is 5.91 Å². The summed E-state index contributed by atoms with van der Waals surface area (Å²) in [5, 5.41) is 9.46. The van der Waals surface area contributed by atoms with Crippen LogP contribution in [0.1, 0.15) is 64.2 Å². The molecule has 0 aromatic carbocycles. The highest BCUT2D eigenvalue weighted by Crippen LogP contribution is 2.36. The molecule has 0 bridgehead atoms. The lowest BCUT2D eigenvalue weighted by Crippen LogP contribution is -2.30. The summed E-state index contributed by atoms with van der Waals surface area (Å²) in [4.78, 5) is 26.0. The lowest BCUT2D eigenvalue weighted by atomic mass is 9.82. The Hall–Kier alpha value is -1.32. The normalized spacial score (nSPS) is 29.4. The number of aliphatic carboxylic acids is 1. The van der Waals surface area contributed by atoms with E-state index in [1.807, 2.05) is 11.0 Å². The van der Waals surface area contributed by atoms with Crippen molar-refractivity contribution in [2.45, 2.75) is 64.2 Å². The summed E-state index contributed by atoms with van der Waals surface area (Å²) in [6, 6.07) is 0. The van der Waals surface area contributed by atoms with Crippen LogP contribution in [0.5, 0.6) is 0 Å². The number of fused-ring (bicyclic) bond motifs is 1. The average Bonchev–Trinajstić information content (AvgIpc) is 2.99. The molecule has 2 saturated carbocycles. The minimum Gasteiger partial charge on any atom is -0.478 e. The number of carboxylic acids is 1. The number of carbonyl (C=O) groups excluding carboxylic acids is 1. The number of carbonyl (C=O) groups is 2. The summed E-state index contributed by atoms with van der Waals surface area (Å²) in [6.07, 6.45) is 12.7. The Bertz CT molecular complexity index is 465. The van der Waals surface area contributed by atoms with Crippen molar-refractivity contribution >= 4 is 11.9 Å². The van der Waals surface area contributed by atoms with Crippen LogP contribution in [0.2, 0.25) is 0 Å². The van der Waals surface area contributed by atoms with Crippen molar-refractivity contribution in [1.29, 1.82) is 0 Å². The van der Waals surface area contributed by atoms with Crippen molar-refractivity contribution in [2.24, 2.45) is 17.8 Å². The molecule has 4 nitrogen and oxygen atoms in total. The van der Waals surface area contributed by atoms with Crippen molar-refractivity contribution in [3.8, 4) is 0 Å². The van der Waals surface area contributed by atoms with E-state index in [-0.39, 0.29) is 12.3 Å². The SMILES string of the molecule is O=C(O)/C(=C/C1CCCCC1)CC(=O)N1CC2CCCCC2C1. The summed E-state index contributed by atoms with van der Waals surface area (Å²) < 4.78 is 0. The van der Waals surface area contributed by atoms with Crippen molar-refractivity contribution in [3.63, 3.8) is 0 Å². The van der Waals surface area contributed by atoms with Crippen LogP contribution < -0.4 is 0 Å². The molecular weight excluding hydrogens is 290 g/mol. The highest BCUT2D eigenvalue weighted by Gasteiger charge is 2.36. The molecule has 1 aliphatic heterocycles. The first-order valence-corrected chi connectivity index (χ1v) is 9.35. The third-order valence-electron chi connectivity index (χ3n) is 6.03. The second-order valence-electron chi connectivity index (χ2n) is 7.68. The molecular formula is C19H29NO3. The van der Waals surface area contributed by atoms with Crippen LogP contribution in [-0.4, -0.2) is 35.0 Å². The van der Waals surface area contributed by atoms with E-state index in [0.717, 1.165) is 25.9 Å². The molecule has 0 radical (unpaired) electrons. The first-order chi connectivity index (χ1) is 11.1. The summed E-state index contributed by atoms with van der Waals surface area (Å²) >= 11 is 0. The highest BCUT2D eigenvalue weighted by molar-refractivity contribution is 5.94. The highest BCUT2D eigenvalue weighted by atomic mass is 16.4. The molecule has 0 spiro atoms. The largest absolute Gasteiger partial charge is 0.478 e. The van der Waals surface area contributed by atoms with E-state index in [1.54, 1.807) is 0 Å². The Morgan fingerprint density at radius 1 is 0.913 bits per heavy atom. The van der Waals surface area contributed by atoms with Crippen molar-refractivity contribution < 1.29 is 14.7 Å². The number of rotatable bonds is 4. The maximum atomic E-state index is 12.6. The molecule has 2 atom stereocenters. The molecule has 1 saturated heterocycles. The van der Waals surface area contributed by atoms with Crippen LogP contribution in [0.4, 0.5) is 0 Å². The van der Waals surface area contributed by atoms with Gasteiger partial charge in [-0.2, -0.15) is 0 Å². The van der Waals surface area contributed by atoms with Gasteiger partial charge in [-0.1, -0.05) is 38.2 Å². The monoisotopic (exact) mass is 319 g/mol. The van der Waals surface area contributed by atoms with Crippen LogP contribution in [0.15, 0.2) is 11.6 Å². The molecule has 3 rings (SSSR count). The van der Waals surface area contributed by atoms with Crippen LogP contribution in [0.25, 0.3) is 0 Å². The Balaban J connectivity index is 1.60. The molecule has 3 fully saturated rings. The molecule has 1 amide bonds. The molecule has 2 aliphatic carbocycles. The first kappa shape index (κ1) is 16.5. The van der Waals surface area contributed by atoms with E-state index in [1.165, 1.54) is 44.9 Å². The van der Waals surface area contributed by atoms with E-state index < -0.39 is 5.97 Å². The molecule has 128 valence electrons. The first-order valence-electron chi connectivity index (χ1n) is 9.35. The molecule has 3 aliphatic rings. The number of amides is 1. The number of allylic oxidation sites excluding steroid dienone is 1. The molecule has 0 aromatic rings. The van der Waals surface area contributed by atoms with E-state index >= 15 is 0 Å². The third-order valence-corrected chi connectivity index (χ3v) is 6.03. The molecule has 23 heavy (non-hydrogen) atoms. The Morgan fingerprint density at radius 2 is 1.48 bits per heavy atom. The lowest BCUT2D eigenvalue weighted by molar-refractivity contribution is -0.136. The van der Waals surface area contributed by atoms with Gasteiger partial charge in [0, 0.05) is 18.7 Å². The number of carboxylic acid groups (broad SMARTS) is 1. The van der Waals surface area contributed by atoms with E-state index in [2.05, 4.69) is 0 Å². The van der Waals surface area contributed by atoms with Crippen molar-refractivity contribution in [1.82, 2.24) is 4.90 Å². The minimum absolute atomic E-state index is 0.0175. The Labute approximate surface area is 138 Å². The summed E-state index contributed by atoms with van der Waals surface area (Å²) in [5.41, 5.74) is 0.316. The van der Waals surface area contributed by atoms with Gasteiger partial charge in [-0.15, -0.1) is 0 Å². The third kappa shape index (κ3) is 4.15. The van der Waals surface area contributed by atoms with Crippen LogP contribution >= 0.6 is 0 Å². The quantitative estimate of drug-likeness (QED) is 0.805. The van der Waals surface area contributed by atoms with Gasteiger partial charge in [0.15, 0.2) is 0 Å². The van der Waals surface area contributed by atoms with Crippen LogP contribution in [-0.2, 0) is 9.59 Å². The molecule has 4 heteroatoms. The molecule has 0 aromatic heterocycles. The predicted octanol–water partition coefficient (Wildman–Crippen LogP) is 3.62. The summed E-state index contributed by atoms with van der Waals surface area (Å²) in [5.74, 6) is 0.764. The fourth-order valence-corrected chi connectivity index (χ4v) is 4.68. The lowest BCUT2D eigenvalue weighted by Gasteiger charge is -2.22.